The van der Waals surface area contributed by atoms with Crippen LogP contribution >= 0.6 is 0 Å². The van der Waals surface area contributed by atoms with Crippen LogP contribution in [0.15, 0.2) is 12.7 Å². The average Bonchev–Trinajstić information content (AvgIpc) is 3.52. The first kappa shape index (κ1) is 40.6. The van der Waals surface area contributed by atoms with Gasteiger partial charge in [0.05, 0.1) is 12.1 Å². The molecular formula is C37H64N6O6. The van der Waals surface area contributed by atoms with E-state index < -0.39 is 47.5 Å². The normalized spacial score (nSPS) is 23.3. The van der Waals surface area contributed by atoms with E-state index in [1.54, 1.807) is 4.90 Å². The van der Waals surface area contributed by atoms with Crippen molar-refractivity contribution in [3.05, 3.63) is 12.7 Å². The fraction of sp³-hybridized carbons (Fsp3) is 0.811. The number of rotatable bonds is 16. The van der Waals surface area contributed by atoms with Crippen LogP contribution in [0.3, 0.4) is 0 Å². The van der Waals surface area contributed by atoms with Gasteiger partial charge in [0, 0.05) is 38.6 Å². The largest absolute Gasteiger partial charge is 0.365 e. The Balaban J connectivity index is 1.79. The minimum absolute atomic E-state index is 0.0286. The van der Waals surface area contributed by atoms with Crippen LogP contribution < -0.4 is 21.3 Å². The molecule has 278 valence electrons. The van der Waals surface area contributed by atoms with Gasteiger partial charge in [0.15, 0.2) is 6.35 Å². The molecule has 2 heterocycles. The summed E-state index contributed by atoms with van der Waals surface area (Å²) < 4.78 is 0. The van der Waals surface area contributed by atoms with Crippen molar-refractivity contribution in [3.8, 4) is 0 Å². The van der Waals surface area contributed by atoms with Crippen molar-refractivity contribution in [2.45, 2.75) is 150 Å². The van der Waals surface area contributed by atoms with Crippen LogP contribution in [0.4, 0.5) is 0 Å². The Labute approximate surface area is 293 Å². The molecule has 2 aliphatic heterocycles. The third-order valence-electron chi connectivity index (χ3n) is 10.8. The van der Waals surface area contributed by atoms with Gasteiger partial charge in [-0.25, -0.2) is 0 Å². The molecule has 12 nitrogen and oxygen atoms in total. The molecule has 12 heteroatoms. The maximum atomic E-state index is 14.5. The number of carbonyl (C=O) groups is 5. The number of ketones is 1. The van der Waals surface area contributed by atoms with Gasteiger partial charge in [0.25, 0.3) is 5.91 Å². The van der Waals surface area contributed by atoms with Crippen LogP contribution in [0.2, 0.25) is 0 Å². The van der Waals surface area contributed by atoms with Crippen LogP contribution in [0.25, 0.3) is 0 Å². The van der Waals surface area contributed by atoms with Crippen LogP contribution in [0.5, 0.6) is 0 Å². The van der Waals surface area contributed by atoms with Crippen molar-refractivity contribution < 1.29 is 29.1 Å². The first-order valence-electron chi connectivity index (χ1n) is 18.4. The highest BCUT2D eigenvalue weighted by molar-refractivity contribution is 6.38. The van der Waals surface area contributed by atoms with E-state index in [0.29, 0.717) is 51.7 Å². The minimum Gasteiger partial charge on any atom is -0.365 e. The van der Waals surface area contributed by atoms with Crippen LogP contribution in [0.1, 0.15) is 119 Å². The van der Waals surface area contributed by atoms with E-state index in [1.807, 2.05) is 11.8 Å². The number of carbonyl (C=O) groups excluding carboxylic acids is 5. The number of aliphatic hydroxyl groups excluding tert-OH is 1. The van der Waals surface area contributed by atoms with Crippen LogP contribution in [0, 0.1) is 16.2 Å². The lowest BCUT2D eigenvalue weighted by molar-refractivity contribution is -0.146. The predicted octanol–water partition coefficient (Wildman–Crippen LogP) is 2.99. The molecule has 1 aliphatic carbocycles. The summed E-state index contributed by atoms with van der Waals surface area (Å²) in [5.41, 5.74) is -0.798. The molecule has 3 rings (SSSR count). The number of nitrogens with one attached hydrogen (secondary N) is 4. The first-order chi connectivity index (χ1) is 22.9. The molecule has 1 saturated carbocycles. The highest BCUT2D eigenvalue weighted by atomic mass is 16.3. The Morgan fingerprint density at radius 2 is 1.69 bits per heavy atom. The van der Waals surface area contributed by atoms with E-state index in [2.05, 4.69) is 69.4 Å². The van der Waals surface area contributed by atoms with Crippen molar-refractivity contribution >= 4 is 29.4 Å². The van der Waals surface area contributed by atoms with Gasteiger partial charge in [-0.3, -0.25) is 34.6 Å². The summed E-state index contributed by atoms with van der Waals surface area (Å²) in [4.78, 5) is 70.0. The Morgan fingerprint density at radius 3 is 2.29 bits per heavy atom. The number of piperidine rings is 1. The molecule has 2 saturated heterocycles. The zero-order valence-electron chi connectivity index (χ0n) is 31.2. The molecule has 5 atom stereocenters. The molecule has 3 fully saturated rings. The number of Topliss-reactive ketones (excluding diaryl/α,β-unsaturated/α-hetero) is 1. The van der Waals surface area contributed by atoms with Crippen LogP contribution in [-0.4, -0.2) is 101 Å². The second-order valence-electron chi connectivity index (χ2n) is 16.6. The van der Waals surface area contributed by atoms with Crippen molar-refractivity contribution in [2.24, 2.45) is 16.2 Å². The van der Waals surface area contributed by atoms with E-state index in [4.69, 9.17) is 0 Å². The van der Waals surface area contributed by atoms with Crippen LogP contribution in [-0.2, 0) is 24.0 Å². The van der Waals surface area contributed by atoms with Gasteiger partial charge in [-0.2, -0.15) is 0 Å². The number of nitrogens with zero attached hydrogens (tertiary/aromatic N) is 2. The molecular weight excluding hydrogens is 624 g/mol. The fourth-order valence-corrected chi connectivity index (χ4v) is 7.48. The molecule has 0 bridgehead atoms. The fourth-order valence-electron chi connectivity index (χ4n) is 7.48. The molecule has 4 amide bonds. The summed E-state index contributed by atoms with van der Waals surface area (Å²) in [6, 6.07) is -2.84. The Hall–Kier alpha value is -2.83. The number of hydrogen-bond donors (Lipinski definition) is 5. The molecule has 0 spiro atoms. The summed E-state index contributed by atoms with van der Waals surface area (Å²) in [5.74, 6) is -2.11. The maximum Gasteiger partial charge on any atom is 0.289 e. The number of aliphatic hydroxyl groups is 1. The molecule has 0 radical (unpaired) electrons. The van der Waals surface area contributed by atoms with Gasteiger partial charge < -0.3 is 25.5 Å². The minimum atomic E-state index is -1.25. The number of likely N-dealkylation sites (tertiary alicyclic amines) is 2. The Kier molecular flexibility index (Phi) is 14.4. The van der Waals surface area contributed by atoms with Gasteiger partial charge >= 0.3 is 0 Å². The quantitative estimate of drug-likeness (QED) is 0.0941. The van der Waals surface area contributed by atoms with Crippen molar-refractivity contribution in [1.29, 1.82) is 0 Å². The first-order valence-corrected chi connectivity index (χ1v) is 18.4. The Morgan fingerprint density at radius 1 is 1.02 bits per heavy atom. The molecule has 0 aromatic rings. The molecule has 49 heavy (non-hydrogen) atoms. The third-order valence-corrected chi connectivity index (χ3v) is 10.8. The summed E-state index contributed by atoms with van der Waals surface area (Å²) >= 11 is 0. The zero-order valence-corrected chi connectivity index (χ0v) is 31.2. The van der Waals surface area contributed by atoms with Crippen molar-refractivity contribution in [3.63, 3.8) is 0 Å². The van der Waals surface area contributed by atoms with Gasteiger partial charge in [0.2, 0.25) is 23.5 Å². The second kappa shape index (κ2) is 17.4. The summed E-state index contributed by atoms with van der Waals surface area (Å²) in [5, 5.41) is 23.4. The maximum absolute atomic E-state index is 14.5. The molecule has 0 aromatic heterocycles. The second-order valence-corrected chi connectivity index (χ2v) is 16.6. The van der Waals surface area contributed by atoms with E-state index in [-0.39, 0.29) is 35.2 Å². The van der Waals surface area contributed by atoms with E-state index in [9.17, 15) is 29.1 Å². The lowest BCUT2D eigenvalue weighted by Gasteiger charge is -2.45. The lowest BCUT2D eigenvalue weighted by atomic mass is 9.70. The molecule has 3 aliphatic rings. The molecule has 4 unspecified atom stereocenters. The highest BCUT2D eigenvalue weighted by Crippen LogP contribution is 2.40. The van der Waals surface area contributed by atoms with Crippen molar-refractivity contribution in [1.82, 2.24) is 31.1 Å². The smallest absolute Gasteiger partial charge is 0.289 e. The number of amides is 4. The van der Waals surface area contributed by atoms with Gasteiger partial charge in [0.1, 0.15) is 6.04 Å². The van der Waals surface area contributed by atoms with Gasteiger partial charge in [-0.1, -0.05) is 80.2 Å². The SMILES string of the molecule is C=CCNC(=O)C(=O)C(CCC)NC(=O)C1CCCN1C(=O)[C@@H](NC(O)NC(CN1CCC(C)(C)CC1=O)C(C)(C)C)C1(C)CCCCC1. The zero-order chi connectivity index (χ0) is 36.6. The van der Waals surface area contributed by atoms with E-state index in [0.717, 1.165) is 38.5 Å². The topological polar surface area (TPSA) is 160 Å². The summed E-state index contributed by atoms with van der Waals surface area (Å²) in [7, 11) is 0. The monoisotopic (exact) mass is 688 g/mol. The number of hydrogen-bond acceptors (Lipinski definition) is 8. The summed E-state index contributed by atoms with van der Waals surface area (Å²) in [6.45, 7) is 19.5. The van der Waals surface area contributed by atoms with E-state index >= 15 is 0 Å². The standard InChI is InChI=1S/C37H64N6O6/c1-9-15-25(29(45)32(47)38-20-10-2)39-31(46)26-16-14-21-43(26)33(48)30(37(8)17-12-11-13-18-37)41-34(49)40-27(35(3,4)5)24-42-22-19-36(6,7)23-28(42)44/h10,25-27,30,34,40-41,49H,2,9,11-24H2,1,3-8H3,(H,38,47)(H,39,46)/t25?,26?,27?,30-,34?/m1/s1. The average molecular weight is 689 g/mol. The molecule has 5 N–H and O–H groups in total. The molecule has 0 aromatic carbocycles. The lowest BCUT2D eigenvalue weighted by Crippen LogP contribution is -2.65. The predicted molar refractivity (Wildman–Crippen MR) is 190 cm³/mol. The summed E-state index contributed by atoms with van der Waals surface area (Å²) in [6.07, 6.45) is 8.13. The van der Waals surface area contributed by atoms with E-state index in [1.165, 1.54) is 6.08 Å². The van der Waals surface area contributed by atoms with Gasteiger partial charge in [-0.05, 0) is 54.8 Å². The van der Waals surface area contributed by atoms with Gasteiger partial charge in [-0.15, -0.1) is 6.58 Å². The Bertz CT molecular complexity index is 1190. The highest BCUT2D eigenvalue weighted by Gasteiger charge is 2.47. The third kappa shape index (κ3) is 11.1. The van der Waals surface area contributed by atoms with Crippen molar-refractivity contribution in [2.75, 3.05) is 26.2 Å².